The number of rotatable bonds is 4. The fourth-order valence-corrected chi connectivity index (χ4v) is 3.53. The topological polar surface area (TPSA) is 12.0 Å². The number of likely N-dealkylation sites (N-methyl/N-ethyl adjacent to an activating group) is 1. The smallest absolute Gasteiger partial charge is 0.0369 e. The lowest BCUT2D eigenvalue weighted by Crippen LogP contribution is -2.19. The molecule has 2 aromatic carbocycles. The lowest BCUT2D eigenvalue weighted by Gasteiger charge is -2.19. The van der Waals surface area contributed by atoms with Crippen molar-refractivity contribution in [2.24, 2.45) is 0 Å². The van der Waals surface area contributed by atoms with Crippen molar-refractivity contribution in [2.75, 3.05) is 7.05 Å². The zero-order chi connectivity index (χ0) is 13.8. The van der Waals surface area contributed by atoms with Crippen molar-refractivity contribution in [1.29, 1.82) is 0 Å². The maximum Gasteiger partial charge on any atom is 0.0369 e. The third-order valence-electron chi connectivity index (χ3n) is 3.37. The van der Waals surface area contributed by atoms with Crippen LogP contribution in [0.2, 0.25) is 0 Å². The number of benzene rings is 2. The average Bonchev–Trinajstić information content (AvgIpc) is 2.39. The van der Waals surface area contributed by atoms with Gasteiger partial charge in [0.15, 0.2) is 0 Å². The summed E-state index contributed by atoms with van der Waals surface area (Å²) in [6, 6.07) is 15.2. The maximum absolute atomic E-state index is 3.65. The van der Waals surface area contributed by atoms with Gasteiger partial charge in [0.05, 0.1) is 0 Å². The quantitative estimate of drug-likeness (QED) is 0.782. The highest BCUT2D eigenvalue weighted by Crippen LogP contribution is 2.29. The predicted molar refractivity (Wildman–Crippen MR) is 88.5 cm³/mol. The summed E-state index contributed by atoms with van der Waals surface area (Å²) < 4.78 is 2.23. The van der Waals surface area contributed by atoms with Crippen LogP contribution in [-0.4, -0.2) is 7.05 Å². The lowest BCUT2D eigenvalue weighted by atomic mass is 9.96. The zero-order valence-electron chi connectivity index (χ0n) is 11.1. The molecule has 0 saturated carbocycles. The molecule has 0 aromatic heterocycles. The first-order chi connectivity index (χ1) is 9.11. The van der Waals surface area contributed by atoms with Crippen molar-refractivity contribution in [1.82, 2.24) is 5.32 Å². The van der Waals surface area contributed by atoms with Crippen molar-refractivity contribution in [2.45, 2.75) is 19.4 Å². The van der Waals surface area contributed by atoms with E-state index in [0.717, 1.165) is 15.4 Å². The van der Waals surface area contributed by atoms with E-state index in [1.54, 1.807) is 0 Å². The fraction of sp³-hybridized carbons (Fsp3) is 0.250. The fourth-order valence-electron chi connectivity index (χ4n) is 2.21. The molecular weight excluding hydrogens is 366 g/mol. The van der Waals surface area contributed by atoms with Crippen LogP contribution in [0.4, 0.5) is 0 Å². The Kier molecular flexibility index (Phi) is 5.20. The molecule has 1 N–H and O–H groups in total. The molecule has 0 aliphatic heterocycles. The van der Waals surface area contributed by atoms with Gasteiger partial charge in [-0.2, -0.15) is 0 Å². The molecule has 2 aromatic rings. The summed E-state index contributed by atoms with van der Waals surface area (Å²) in [5, 5.41) is 3.41. The van der Waals surface area contributed by atoms with Gasteiger partial charge in [0.2, 0.25) is 0 Å². The molecule has 2 rings (SSSR count). The van der Waals surface area contributed by atoms with Crippen molar-refractivity contribution >= 4 is 31.9 Å². The van der Waals surface area contributed by atoms with E-state index in [1.807, 2.05) is 7.05 Å². The normalized spacial score (nSPS) is 12.4. The van der Waals surface area contributed by atoms with Crippen LogP contribution in [0.1, 0.15) is 22.7 Å². The number of hydrogen-bond donors (Lipinski definition) is 1. The van der Waals surface area contributed by atoms with Gasteiger partial charge < -0.3 is 5.32 Å². The molecule has 3 heteroatoms. The summed E-state index contributed by atoms with van der Waals surface area (Å²) in [6.45, 7) is 2.17. The van der Waals surface area contributed by atoms with Crippen LogP contribution >= 0.6 is 31.9 Å². The summed E-state index contributed by atoms with van der Waals surface area (Å²) in [5.74, 6) is 0. The van der Waals surface area contributed by atoms with Gasteiger partial charge in [-0.25, -0.2) is 0 Å². The van der Waals surface area contributed by atoms with Crippen LogP contribution in [0.5, 0.6) is 0 Å². The molecule has 0 heterocycles. The van der Waals surface area contributed by atoms with Crippen LogP contribution in [-0.2, 0) is 6.42 Å². The molecular formula is C16H17Br2N. The van der Waals surface area contributed by atoms with E-state index in [9.17, 15) is 0 Å². The minimum Gasteiger partial charge on any atom is -0.313 e. The van der Waals surface area contributed by atoms with Gasteiger partial charge in [-0.1, -0.05) is 62.2 Å². The summed E-state index contributed by atoms with van der Waals surface area (Å²) >= 11 is 7.15. The zero-order valence-corrected chi connectivity index (χ0v) is 14.3. The van der Waals surface area contributed by atoms with E-state index in [1.165, 1.54) is 16.7 Å². The molecule has 0 radical (unpaired) electrons. The van der Waals surface area contributed by atoms with Gasteiger partial charge in [-0.3, -0.25) is 0 Å². The Balaban J connectivity index is 2.28. The molecule has 0 bridgehead atoms. The van der Waals surface area contributed by atoms with Gasteiger partial charge in [-0.15, -0.1) is 0 Å². The number of hydrogen-bond acceptors (Lipinski definition) is 1. The van der Waals surface area contributed by atoms with E-state index < -0.39 is 0 Å². The summed E-state index contributed by atoms with van der Waals surface area (Å²) in [5.41, 5.74) is 4.02. The molecule has 100 valence electrons. The molecule has 19 heavy (non-hydrogen) atoms. The Morgan fingerprint density at radius 2 is 1.84 bits per heavy atom. The van der Waals surface area contributed by atoms with Crippen LogP contribution in [0.15, 0.2) is 51.4 Å². The van der Waals surface area contributed by atoms with Gasteiger partial charge in [-0.05, 0) is 49.2 Å². The number of aryl methyl sites for hydroxylation is 1. The van der Waals surface area contributed by atoms with E-state index in [-0.39, 0.29) is 0 Å². The van der Waals surface area contributed by atoms with E-state index >= 15 is 0 Å². The Morgan fingerprint density at radius 3 is 2.47 bits per heavy atom. The highest BCUT2D eigenvalue weighted by atomic mass is 79.9. The van der Waals surface area contributed by atoms with Gasteiger partial charge >= 0.3 is 0 Å². The first-order valence-electron chi connectivity index (χ1n) is 6.28. The van der Waals surface area contributed by atoms with Crippen molar-refractivity contribution in [3.05, 3.63) is 68.1 Å². The SMILES string of the molecule is CNC(Cc1ccccc1C)c1ccc(Br)cc1Br. The van der Waals surface area contributed by atoms with Crippen LogP contribution in [0, 0.1) is 6.92 Å². The van der Waals surface area contributed by atoms with Crippen molar-refractivity contribution in [3.63, 3.8) is 0 Å². The van der Waals surface area contributed by atoms with Crippen LogP contribution < -0.4 is 5.32 Å². The molecule has 0 aliphatic rings. The van der Waals surface area contributed by atoms with E-state index in [2.05, 4.69) is 86.6 Å². The number of halogens is 2. The molecule has 1 nitrogen and oxygen atoms in total. The highest BCUT2D eigenvalue weighted by molar-refractivity contribution is 9.11. The van der Waals surface area contributed by atoms with Crippen molar-refractivity contribution in [3.8, 4) is 0 Å². The Morgan fingerprint density at radius 1 is 1.11 bits per heavy atom. The third kappa shape index (κ3) is 3.68. The Labute approximate surface area is 131 Å². The minimum absolute atomic E-state index is 0.309. The minimum atomic E-state index is 0.309. The van der Waals surface area contributed by atoms with Crippen LogP contribution in [0.25, 0.3) is 0 Å². The summed E-state index contributed by atoms with van der Waals surface area (Å²) in [4.78, 5) is 0. The molecule has 0 aliphatic carbocycles. The predicted octanol–water partition coefficient (Wildman–Crippen LogP) is 5.02. The summed E-state index contributed by atoms with van der Waals surface area (Å²) in [7, 11) is 2.01. The Hall–Kier alpha value is -0.640. The summed E-state index contributed by atoms with van der Waals surface area (Å²) in [6.07, 6.45) is 0.989. The van der Waals surface area contributed by atoms with Gasteiger partial charge in [0.1, 0.15) is 0 Å². The standard InChI is InChI=1S/C16H17Br2N/c1-11-5-3-4-6-12(11)9-16(19-2)14-8-7-13(17)10-15(14)18/h3-8,10,16,19H,9H2,1-2H3. The maximum atomic E-state index is 3.65. The first-order valence-corrected chi connectivity index (χ1v) is 7.87. The van der Waals surface area contributed by atoms with Gasteiger partial charge in [0.25, 0.3) is 0 Å². The molecule has 1 unspecified atom stereocenters. The molecule has 1 atom stereocenters. The Bertz CT molecular complexity index is 566. The van der Waals surface area contributed by atoms with Crippen molar-refractivity contribution < 1.29 is 0 Å². The average molecular weight is 383 g/mol. The largest absolute Gasteiger partial charge is 0.313 e. The monoisotopic (exact) mass is 381 g/mol. The van der Waals surface area contributed by atoms with E-state index in [4.69, 9.17) is 0 Å². The molecule has 0 amide bonds. The molecule has 0 saturated heterocycles. The second kappa shape index (κ2) is 6.69. The molecule has 0 spiro atoms. The first kappa shape index (κ1) is 14.8. The third-order valence-corrected chi connectivity index (χ3v) is 4.55. The second-order valence-electron chi connectivity index (χ2n) is 4.64. The number of nitrogens with one attached hydrogen (secondary N) is 1. The lowest BCUT2D eigenvalue weighted by molar-refractivity contribution is 0.588. The van der Waals surface area contributed by atoms with Gasteiger partial charge in [0, 0.05) is 15.0 Å². The van der Waals surface area contributed by atoms with Crippen LogP contribution in [0.3, 0.4) is 0 Å². The second-order valence-corrected chi connectivity index (χ2v) is 6.41. The molecule has 0 fully saturated rings. The highest BCUT2D eigenvalue weighted by Gasteiger charge is 2.14. The van der Waals surface area contributed by atoms with E-state index in [0.29, 0.717) is 6.04 Å².